The third-order valence-electron chi connectivity index (χ3n) is 9.08. The van der Waals surface area contributed by atoms with Crippen LogP contribution in [0.1, 0.15) is 36.8 Å². The maximum atomic E-state index is 14.8. The number of hydrogen-bond acceptors (Lipinski definition) is 5. The van der Waals surface area contributed by atoms with Crippen molar-refractivity contribution in [3.63, 3.8) is 0 Å². The first-order valence-electron chi connectivity index (χ1n) is 17.2. The number of ether oxygens (including phenoxy) is 1. The molecule has 0 bridgehead atoms. The zero-order chi connectivity index (χ0) is 36.5. The summed E-state index contributed by atoms with van der Waals surface area (Å²) < 4.78 is 35.7. The van der Waals surface area contributed by atoms with Crippen molar-refractivity contribution in [2.75, 3.05) is 10.8 Å². The van der Waals surface area contributed by atoms with E-state index in [4.69, 9.17) is 27.9 Å². The van der Waals surface area contributed by atoms with Gasteiger partial charge in [0.05, 0.1) is 10.6 Å². The van der Waals surface area contributed by atoms with Gasteiger partial charge in [-0.25, -0.2) is 8.42 Å². The first kappa shape index (κ1) is 36.9. The predicted molar refractivity (Wildman–Crippen MR) is 205 cm³/mol. The molecule has 0 saturated heterocycles. The van der Waals surface area contributed by atoms with E-state index in [2.05, 4.69) is 5.32 Å². The summed E-state index contributed by atoms with van der Waals surface area (Å²) >= 11 is 13.3. The van der Waals surface area contributed by atoms with E-state index in [9.17, 15) is 18.0 Å². The van der Waals surface area contributed by atoms with Gasteiger partial charge in [0.1, 0.15) is 24.1 Å². The lowest BCUT2D eigenvalue weighted by Gasteiger charge is -2.34. The lowest BCUT2D eigenvalue weighted by atomic mass is 10.0. The van der Waals surface area contributed by atoms with E-state index >= 15 is 0 Å². The molecule has 1 N–H and O–H groups in total. The highest BCUT2D eigenvalue weighted by molar-refractivity contribution is 7.92. The van der Waals surface area contributed by atoms with Crippen LogP contribution in [0.15, 0.2) is 138 Å². The molecule has 5 aromatic carbocycles. The summed E-state index contributed by atoms with van der Waals surface area (Å²) in [4.78, 5) is 30.5. The summed E-state index contributed by atoms with van der Waals surface area (Å²) in [6.45, 7) is -0.740. The fraction of sp³-hybridized carbons (Fsp3) is 0.220. The van der Waals surface area contributed by atoms with E-state index < -0.39 is 28.5 Å². The highest BCUT2D eigenvalue weighted by atomic mass is 35.5. The van der Waals surface area contributed by atoms with Crippen molar-refractivity contribution in [3.8, 4) is 11.5 Å². The van der Waals surface area contributed by atoms with Gasteiger partial charge in [0.25, 0.3) is 10.0 Å². The van der Waals surface area contributed by atoms with Crippen LogP contribution in [0.4, 0.5) is 5.69 Å². The van der Waals surface area contributed by atoms with Crippen LogP contribution in [0.25, 0.3) is 0 Å². The van der Waals surface area contributed by atoms with E-state index in [1.54, 1.807) is 60.7 Å². The SMILES string of the molecule is O=C(NC1CCCC1)C(Cc1ccccc1)N(Cc1c(Cl)cccc1Cl)C(=O)CN(c1ccc(Oc2ccccc2)cc1)S(=O)(=O)c1ccccc1. The number of anilines is 1. The van der Waals surface area contributed by atoms with Gasteiger partial charge in [0.15, 0.2) is 0 Å². The standard InChI is InChI=1S/C41H39Cl2N3O5S/c42-37-21-12-22-38(43)36(37)28-45(39(27-30-13-4-1-5-14-30)41(48)44-31-15-10-11-16-31)40(47)29-46(52(49,50)35-19-8-3-9-20-35)32-23-25-34(26-24-32)51-33-17-6-2-7-18-33/h1-9,12-14,17-26,31,39H,10-11,15-16,27-29H2,(H,44,48). The molecule has 0 radical (unpaired) electrons. The number of sulfonamides is 1. The molecule has 0 heterocycles. The fourth-order valence-corrected chi connectivity index (χ4v) is 8.28. The van der Waals surface area contributed by atoms with Crippen molar-refractivity contribution >= 4 is 50.7 Å². The van der Waals surface area contributed by atoms with Gasteiger partial charge < -0.3 is 15.0 Å². The molecule has 5 aromatic rings. The van der Waals surface area contributed by atoms with Crippen LogP contribution >= 0.6 is 23.2 Å². The van der Waals surface area contributed by atoms with Crippen molar-refractivity contribution < 1.29 is 22.7 Å². The number of amides is 2. The van der Waals surface area contributed by atoms with E-state index in [0.29, 0.717) is 27.1 Å². The zero-order valence-corrected chi connectivity index (χ0v) is 30.7. The third-order valence-corrected chi connectivity index (χ3v) is 11.6. The maximum absolute atomic E-state index is 14.8. The molecule has 8 nitrogen and oxygen atoms in total. The Balaban J connectivity index is 1.40. The monoisotopic (exact) mass is 755 g/mol. The van der Waals surface area contributed by atoms with Crippen molar-refractivity contribution in [2.24, 2.45) is 0 Å². The lowest BCUT2D eigenvalue weighted by molar-refractivity contribution is -0.140. The summed E-state index contributed by atoms with van der Waals surface area (Å²) in [5.41, 5.74) is 1.52. The molecule has 268 valence electrons. The third kappa shape index (κ3) is 9.14. The van der Waals surface area contributed by atoms with Crippen LogP contribution in [0, 0.1) is 0 Å². The van der Waals surface area contributed by atoms with Crippen molar-refractivity contribution in [2.45, 2.75) is 55.6 Å². The number of benzene rings is 5. The number of carbonyl (C=O) groups is 2. The first-order valence-corrected chi connectivity index (χ1v) is 19.4. The largest absolute Gasteiger partial charge is 0.457 e. The maximum Gasteiger partial charge on any atom is 0.264 e. The average Bonchev–Trinajstić information content (AvgIpc) is 3.67. The zero-order valence-electron chi connectivity index (χ0n) is 28.4. The predicted octanol–water partition coefficient (Wildman–Crippen LogP) is 8.68. The Morgan fingerprint density at radius 3 is 1.90 bits per heavy atom. The molecule has 1 saturated carbocycles. The molecule has 2 amide bonds. The summed E-state index contributed by atoms with van der Waals surface area (Å²) in [6.07, 6.45) is 3.90. The number of nitrogens with one attached hydrogen (secondary N) is 1. The Hall–Kier alpha value is -4.83. The Morgan fingerprint density at radius 2 is 1.29 bits per heavy atom. The number of nitrogens with zero attached hydrogens (tertiary/aromatic N) is 2. The summed E-state index contributed by atoms with van der Waals surface area (Å²) in [5.74, 6) is 0.169. The van der Waals surface area contributed by atoms with Gasteiger partial charge >= 0.3 is 0 Å². The van der Waals surface area contributed by atoms with E-state index in [1.807, 2.05) is 60.7 Å². The second kappa shape index (κ2) is 17.1. The molecule has 0 aliphatic heterocycles. The van der Waals surface area contributed by atoms with Crippen LogP contribution in [0.2, 0.25) is 10.0 Å². The molecule has 0 spiro atoms. The van der Waals surface area contributed by atoms with E-state index in [1.165, 1.54) is 17.0 Å². The molecule has 1 aliphatic rings. The van der Waals surface area contributed by atoms with Gasteiger partial charge in [0, 0.05) is 34.6 Å². The van der Waals surface area contributed by atoms with Gasteiger partial charge in [0.2, 0.25) is 11.8 Å². The van der Waals surface area contributed by atoms with E-state index in [-0.39, 0.29) is 35.5 Å². The van der Waals surface area contributed by atoms with Crippen molar-refractivity contribution in [1.82, 2.24) is 10.2 Å². The molecule has 1 aliphatic carbocycles. The smallest absolute Gasteiger partial charge is 0.264 e. The molecule has 1 atom stereocenters. The first-order chi connectivity index (χ1) is 25.2. The molecular formula is C41H39Cl2N3O5S. The van der Waals surface area contributed by atoms with Gasteiger partial charge in [-0.3, -0.25) is 13.9 Å². The van der Waals surface area contributed by atoms with Crippen LogP contribution in [-0.2, 0) is 32.6 Å². The van der Waals surface area contributed by atoms with Gasteiger partial charge in [-0.15, -0.1) is 0 Å². The number of rotatable bonds is 14. The highest BCUT2D eigenvalue weighted by Gasteiger charge is 2.36. The number of carbonyl (C=O) groups excluding carboxylic acids is 2. The van der Waals surface area contributed by atoms with Crippen molar-refractivity contribution in [3.05, 3.63) is 155 Å². The van der Waals surface area contributed by atoms with Crippen LogP contribution < -0.4 is 14.4 Å². The van der Waals surface area contributed by atoms with Crippen LogP contribution in [-0.4, -0.2) is 43.8 Å². The number of para-hydroxylation sites is 1. The minimum atomic E-state index is -4.27. The van der Waals surface area contributed by atoms with Crippen LogP contribution in [0.5, 0.6) is 11.5 Å². The molecule has 1 fully saturated rings. The molecule has 6 rings (SSSR count). The normalized spacial score (nSPS) is 13.7. The van der Waals surface area contributed by atoms with E-state index in [0.717, 1.165) is 35.6 Å². The Morgan fingerprint density at radius 1 is 0.731 bits per heavy atom. The highest BCUT2D eigenvalue weighted by Crippen LogP contribution is 2.31. The van der Waals surface area contributed by atoms with Crippen molar-refractivity contribution in [1.29, 1.82) is 0 Å². The Labute approximate surface area is 315 Å². The quantitative estimate of drug-likeness (QED) is 0.122. The molecule has 1 unspecified atom stereocenters. The van der Waals surface area contributed by atoms with Gasteiger partial charge in [-0.05, 0) is 79.1 Å². The Kier molecular flexibility index (Phi) is 12.2. The number of halogens is 2. The topological polar surface area (TPSA) is 96.0 Å². The minimum Gasteiger partial charge on any atom is -0.457 e. The summed E-state index contributed by atoms with van der Waals surface area (Å²) in [5, 5.41) is 3.82. The second-order valence-corrected chi connectivity index (χ2v) is 15.3. The summed E-state index contributed by atoms with van der Waals surface area (Å²) in [6, 6.07) is 37.0. The molecular weight excluding hydrogens is 717 g/mol. The molecule has 0 aromatic heterocycles. The number of hydrogen-bond donors (Lipinski definition) is 1. The van der Waals surface area contributed by atoms with Gasteiger partial charge in [-0.2, -0.15) is 0 Å². The molecule has 52 heavy (non-hydrogen) atoms. The minimum absolute atomic E-state index is 0.00734. The Bertz CT molecular complexity index is 2040. The van der Waals surface area contributed by atoms with Crippen LogP contribution in [0.3, 0.4) is 0 Å². The molecule has 11 heteroatoms. The fourth-order valence-electron chi connectivity index (χ4n) is 6.33. The second-order valence-electron chi connectivity index (χ2n) is 12.7. The van der Waals surface area contributed by atoms with Gasteiger partial charge in [-0.1, -0.05) is 109 Å². The lowest BCUT2D eigenvalue weighted by Crippen LogP contribution is -2.54. The average molecular weight is 757 g/mol. The summed E-state index contributed by atoms with van der Waals surface area (Å²) in [7, 11) is -4.27.